The van der Waals surface area contributed by atoms with E-state index in [4.69, 9.17) is 5.14 Å². The summed E-state index contributed by atoms with van der Waals surface area (Å²) in [5.41, 5.74) is 0.475. The average molecular weight is 296 g/mol. The van der Waals surface area contributed by atoms with E-state index in [0.717, 1.165) is 11.3 Å². The van der Waals surface area contributed by atoms with Gasteiger partial charge in [0, 0.05) is 12.6 Å². The molecule has 0 radical (unpaired) electrons. The molecule has 0 bridgehead atoms. The van der Waals surface area contributed by atoms with Crippen LogP contribution in [0, 0.1) is 0 Å². The van der Waals surface area contributed by atoms with Gasteiger partial charge >= 0.3 is 0 Å². The molecule has 6 nitrogen and oxygen atoms in total. The summed E-state index contributed by atoms with van der Waals surface area (Å²) in [6.45, 7) is 2.11. The van der Waals surface area contributed by atoms with Gasteiger partial charge in [-0.05, 0) is 18.6 Å². The summed E-state index contributed by atoms with van der Waals surface area (Å²) >= 11 is 0.724. The van der Waals surface area contributed by atoms with Crippen LogP contribution in [-0.4, -0.2) is 28.6 Å². The molecule has 0 unspecified atom stereocenters. The van der Waals surface area contributed by atoms with E-state index < -0.39 is 19.9 Å². The van der Waals surface area contributed by atoms with Crippen molar-refractivity contribution in [2.45, 2.75) is 27.9 Å². The molecule has 1 atom stereocenters. The standard InChI is InChI=1S/C8H12N2O4S3/c1-5-4-16(11,12)8-6(3-10-5)2-7(15-8)17(9,13)14/h2,5,10H,3-4H2,1H3,(H2,9,13,14)/t5-/m1/s1. The fourth-order valence-electron chi connectivity index (χ4n) is 1.66. The highest BCUT2D eigenvalue weighted by Gasteiger charge is 2.29. The lowest BCUT2D eigenvalue weighted by Crippen LogP contribution is -2.29. The molecule has 0 aromatic carbocycles. The predicted molar refractivity (Wildman–Crippen MR) is 64.0 cm³/mol. The number of sulfone groups is 1. The maximum absolute atomic E-state index is 12.0. The highest BCUT2D eigenvalue weighted by Crippen LogP contribution is 2.32. The van der Waals surface area contributed by atoms with Crippen LogP contribution in [0.4, 0.5) is 0 Å². The lowest BCUT2D eigenvalue weighted by Gasteiger charge is -2.07. The molecule has 1 aliphatic rings. The minimum Gasteiger partial charge on any atom is -0.309 e. The molecule has 2 rings (SSSR count). The summed E-state index contributed by atoms with van der Waals surface area (Å²) in [4.78, 5) is 0. The lowest BCUT2D eigenvalue weighted by molar-refractivity contribution is 0.570. The highest BCUT2D eigenvalue weighted by atomic mass is 32.3. The Labute approximate surface area is 104 Å². The van der Waals surface area contributed by atoms with E-state index in [9.17, 15) is 16.8 Å². The van der Waals surface area contributed by atoms with Gasteiger partial charge in [0.15, 0.2) is 9.84 Å². The molecule has 0 spiro atoms. The zero-order chi connectivity index (χ0) is 12.8. The van der Waals surface area contributed by atoms with Crippen LogP contribution in [0.3, 0.4) is 0 Å². The fourth-order valence-corrected chi connectivity index (χ4v) is 5.93. The van der Waals surface area contributed by atoms with Crippen molar-refractivity contribution >= 4 is 31.2 Å². The Morgan fingerprint density at radius 2 is 2.18 bits per heavy atom. The van der Waals surface area contributed by atoms with Gasteiger partial charge in [-0.25, -0.2) is 22.0 Å². The van der Waals surface area contributed by atoms with Crippen molar-refractivity contribution in [1.82, 2.24) is 5.32 Å². The SMILES string of the molecule is C[C@@H]1CS(=O)(=O)c2sc(S(N)(=O)=O)cc2CN1. The Morgan fingerprint density at radius 3 is 2.76 bits per heavy atom. The van der Waals surface area contributed by atoms with E-state index in [-0.39, 0.29) is 20.2 Å². The average Bonchev–Trinajstić information content (AvgIpc) is 2.53. The largest absolute Gasteiger partial charge is 0.309 e. The molecule has 0 amide bonds. The van der Waals surface area contributed by atoms with Gasteiger partial charge in [0.2, 0.25) is 10.0 Å². The molecule has 0 aliphatic carbocycles. The van der Waals surface area contributed by atoms with Crippen LogP contribution in [0.2, 0.25) is 0 Å². The first kappa shape index (κ1) is 13.0. The Hall–Kier alpha value is -0.480. The highest BCUT2D eigenvalue weighted by molar-refractivity contribution is 7.95. The van der Waals surface area contributed by atoms with Crippen LogP contribution in [0.15, 0.2) is 14.5 Å². The number of hydrogen-bond donors (Lipinski definition) is 2. The van der Waals surface area contributed by atoms with Gasteiger partial charge in [0.05, 0.1) is 5.75 Å². The number of nitrogens with one attached hydrogen (secondary N) is 1. The third kappa shape index (κ3) is 2.52. The van der Waals surface area contributed by atoms with Gasteiger partial charge in [-0.3, -0.25) is 0 Å². The molecule has 96 valence electrons. The molecule has 9 heteroatoms. The number of nitrogens with two attached hydrogens (primary N) is 1. The van der Waals surface area contributed by atoms with E-state index >= 15 is 0 Å². The van der Waals surface area contributed by atoms with E-state index in [0.29, 0.717) is 12.1 Å². The topological polar surface area (TPSA) is 106 Å². The second-order valence-electron chi connectivity index (χ2n) is 3.99. The van der Waals surface area contributed by atoms with Crippen molar-refractivity contribution < 1.29 is 16.8 Å². The van der Waals surface area contributed by atoms with Gasteiger partial charge in [-0.1, -0.05) is 0 Å². The first-order valence-electron chi connectivity index (χ1n) is 4.82. The molecule has 1 aliphatic heterocycles. The number of thiophene rings is 1. The number of sulfonamides is 1. The molecule has 0 fully saturated rings. The van der Waals surface area contributed by atoms with Crippen LogP contribution in [0.5, 0.6) is 0 Å². The normalized spacial score (nSPS) is 24.0. The smallest absolute Gasteiger partial charge is 0.247 e. The maximum atomic E-state index is 12.0. The first-order chi connectivity index (χ1) is 7.70. The summed E-state index contributed by atoms with van der Waals surface area (Å²) in [6.07, 6.45) is 0. The number of hydrogen-bond acceptors (Lipinski definition) is 6. The van der Waals surface area contributed by atoms with Crippen molar-refractivity contribution in [3.63, 3.8) is 0 Å². The zero-order valence-corrected chi connectivity index (χ0v) is 11.5. The molecule has 1 aromatic rings. The Kier molecular flexibility index (Phi) is 3.07. The lowest BCUT2D eigenvalue weighted by atomic mass is 10.3. The van der Waals surface area contributed by atoms with Gasteiger partial charge in [-0.15, -0.1) is 11.3 Å². The van der Waals surface area contributed by atoms with Crippen molar-refractivity contribution in [2.24, 2.45) is 5.14 Å². The van der Waals surface area contributed by atoms with Crippen LogP contribution in [-0.2, 0) is 26.4 Å². The minimum absolute atomic E-state index is 0.0371. The van der Waals surface area contributed by atoms with E-state index in [1.54, 1.807) is 6.92 Å². The number of rotatable bonds is 1. The Balaban J connectivity index is 2.61. The van der Waals surface area contributed by atoms with Crippen molar-refractivity contribution in [1.29, 1.82) is 0 Å². The second kappa shape index (κ2) is 4.02. The summed E-state index contributed by atoms with van der Waals surface area (Å²) < 4.78 is 46.3. The molecule has 0 saturated heterocycles. The van der Waals surface area contributed by atoms with Crippen LogP contribution in [0.1, 0.15) is 12.5 Å². The van der Waals surface area contributed by atoms with E-state index in [1.165, 1.54) is 6.07 Å². The van der Waals surface area contributed by atoms with Crippen LogP contribution < -0.4 is 10.5 Å². The van der Waals surface area contributed by atoms with E-state index in [2.05, 4.69) is 5.32 Å². The fraction of sp³-hybridized carbons (Fsp3) is 0.500. The Bertz CT molecular complexity index is 644. The van der Waals surface area contributed by atoms with Gasteiger partial charge in [0.25, 0.3) is 0 Å². The number of fused-ring (bicyclic) bond motifs is 1. The number of primary sulfonamides is 1. The van der Waals surface area contributed by atoms with Gasteiger partial charge in [-0.2, -0.15) is 0 Å². The van der Waals surface area contributed by atoms with Crippen molar-refractivity contribution in [3.8, 4) is 0 Å². The molecular weight excluding hydrogens is 284 g/mol. The monoisotopic (exact) mass is 296 g/mol. The van der Waals surface area contributed by atoms with Crippen molar-refractivity contribution in [2.75, 3.05) is 5.75 Å². The molecule has 17 heavy (non-hydrogen) atoms. The maximum Gasteiger partial charge on any atom is 0.247 e. The zero-order valence-electron chi connectivity index (χ0n) is 9.00. The first-order valence-corrected chi connectivity index (χ1v) is 8.83. The Morgan fingerprint density at radius 1 is 1.53 bits per heavy atom. The van der Waals surface area contributed by atoms with Gasteiger partial charge < -0.3 is 5.32 Å². The molecule has 0 saturated carbocycles. The second-order valence-corrected chi connectivity index (χ2v) is 9.06. The third-order valence-corrected chi connectivity index (χ3v) is 7.59. The molecule has 1 aromatic heterocycles. The van der Waals surface area contributed by atoms with Gasteiger partial charge in [0.1, 0.15) is 8.42 Å². The summed E-state index contributed by atoms with van der Waals surface area (Å²) in [5.74, 6) is -0.0371. The third-order valence-electron chi connectivity index (χ3n) is 2.42. The summed E-state index contributed by atoms with van der Waals surface area (Å²) in [7, 11) is -7.28. The molecule has 3 N–H and O–H groups in total. The minimum atomic E-state index is -3.85. The summed E-state index contributed by atoms with van der Waals surface area (Å²) in [5, 5.41) is 8.00. The molecule has 2 heterocycles. The summed E-state index contributed by atoms with van der Waals surface area (Å²) in [6, 6.07) is 1.18. The predicted octanol–water partition coefficient (Wildman–Crippen LogP) is -0.339. The van der Waals surface area contributed by atoms with E-state index in [1.807, 2.05) is 0 Å². The van der Waals surface area contributed by atoms with Crippen LogP contribution >= 0.6 is 11.3 Å². The quantitative estimate of drug-likeness (QED) is 0.737. The molecular formula is C8H12N2O4S3. The van der Waals surface area contributed by atoms with Crippen LogP contribution in [0.25, 0.3) is 0 Å². The van der Waals surface area contributed by atoms with Crippen molar-refractivity contribution in [3.05, 3.63) is 11.6 Å².